The molecule has 3 rings (SSSR count). The van der Waals surface area contributed by atoms with Crippen molar-refractivity contribution in [3.05, 3.63) is 58.1 Å². The van der Waals surface area contributed by atoms with Crippen molar-refractivity contribution >= 4 is 16.8 Å². The molecule has 0 aliphatic heterocycles. The summed E-state index contributed by atoms with van der Waals surface area (Å²) in [5, 5.41) is 10.9. The van der Waals surface area contributed by atoms with Gasteiger partial charge in [0, 0.05) is 23.3 Å². The average Bonchev–Trinajstić information content (AvgIpc) is 2.91. The highest BCUT2D eigenvalue weighted by molar-refractivity contribution is 5.82. The van der Waals surface area contributed by atoms with E-state index >= 15 is 0 Å². The van der Waals surface area contributed by atoms with E-state index in [4.69, 9.17) is 4.42 Å². The maximum absolute atomic E-state index is 10.9. The topological polar surface area (TPSA) is 69.2 Å². The number of oxazole rings is 1. The maximum atomic E-state index is 10.9. The van der Waals surface area contributed by atoms with Gasteiger partial charge in [-0.05, 0) is 18.6 Å². The number of nitro groups is 1. The van der Waals surface area contributed by atoms with Gasteiger partial charge in [-0.2, -0.15) is 0 Å². The molecule has 0 aliphatic carbocycles. The highest BCUT2D eigenvalue weighted by Crippen LogP contribution is 2.30. The third-order valence-corrected chi connectivity index (χ3v) is 3.16. The molecule has 0 atom stereocenters. The molecule has 0 bridgehead atoms. The zero-order chi connectivity index (χ0) is 14.1. The van der Waals surface area contributed by atoms with Crippen LogP contribution in [-0.2, 0) is 6.42 Å². The molecule has 0 fully saturated rings. The number of nitrogens with zero attached hydrogens (tertiary/aromatic N) is 2. The first kappa shape index (κ1) is 12.3. The van der Waals surface area contributed by atoms with Gasteiger partial charge in [0.2, 0.25) is 5.89 Å². The second-order valence-corrected chi connectivity index (χ2v) is 4.45. The van der Waals surface area contributed by atoms with Crippen molar-refractivity contribution in [1.82, 2.24) is 4.98 Å². The minimum absolute atomic E-state index is 0.0438. The first-order valence-corrected chi connectivity index (χ1v) is 6.32. The van der Waals surface area contributed by atoms with Crippen molar-refractivity contribution in [2.45, 2.75) is 13.3 Å². The van der Waals surface area contributed by atoms with Gasteiger partial charge in [0.1, 0.15) is 5.52 Å². The summed E-state index contributed by atoms with van der Waals surface area (Å²) >= 11 is 0. The molecular weight excluding hydrogens is 256 g/mol. The lowest BCUT2D eigenvalue weighted by atomic mass is 10.1. The van der Waals surface area contributed by atoms with Crippen LogP contribution in [0.4, 0.5) is 5.69 Å². The molecule has 0 radical (unpaired) electrons. The van der Waals surface area contributed by atoms with E-state index in [0.29, 0.717) is 23.4 Å². The molecule has 0 amide bonds. The van der Waals surface area contributed by atoms with Crippen molar-refractivity contribution in [2.75, 3.05) is 0 Å². The predicted molar refractivity (Wildman–Crippen MR) is 75.5 cm³/mol. The molecule has 20 heavy (non-hydrogen) atoms. The van der Waals surface area contributed by atoms with Gasteiger partial charge < -0.3 is 4.42 Å². The number of non-ortho nitro benzene ring substituents is 1. The third kappa shape index (κ3) is 2.03. The molecule has 3 aromatic rings. The third-order valence-electron chi connectivity index (χ3n) is 3.16. The van der Waals surface area contributed by atoms with Crippen LogP contribution < -0.4 is 0 Å². The van der Waals surface area contributed by atoms with Gasteiger partial charge in [-0.3, -0.25) is 10.1 Å². The van der Waals surface area contributed by atoms with E-state index in [1.807, 2.05) is 37.3 Å². The van der Waals surface area contributed by atoms with E-state index in [2.05, 4.69) is 4.98 Å². The van der Waals surface area contributed by atoms with E-state index in [9.17, 15) is 10.1 Å². The highest BCUT2D eigenvalue weighted by Gasteiger charge is 2.16. The lowest BCUT2D eigenvalue weighted by Gasteiger charge is -1.97. The lowest BCUT2D eigenvalue weighted by Crippen LogP contribution is -1.90. The Labute approximate surface area is 115 Å². The first-order valence-electron chi connectivity index (χ1n) is 6.32. The largest absolute Gasteiger partial charge is 0.436 e. The summed E-state index contributed by atoms with van der Waals surface area (Å²) in [5.74, 6) is 0.482. The van der Waals surface area contributed by atoms with Crippen molar-refractivity contribution in [2.24, 2.45) is 0 Å². The molecule has 2 aromatic carbocycles. The first-order chi connectivity index (χ1) is 9.69. The van der Waals surface area contributed by atoms with E-state index in [0.717, 1.165) is 11.1 Å². The molecule has 0 saturated heterocycles. The molecule has 5 nitrogen and oxygen atoms in total. The fourth-order valence-corrected chi connectivity index (χ4v) is 2.16. The number of aromatic nitrogens is 1. The van der Waals surface area contributed by atoms with Gasteiger partial charge in [-0.15, -0.1) is 0 Å². The van der Waals surface area contributed by atoms with Crippen LogP contribution >= 0.6 is 0 Å². The van der Waals surface area contributed by atoms with E-state index in [-0.39, 0.29) is 5.69 Å². The van der Waals surface area contributed by atoms with Crippen LogP contribution in [-0.4, -0.2) is 9.91 Å². The van der Waals surface area contributed by atoms with Crippen molar-refractivity contribution in [3.8, 4) is 11.5 Å². The van der Waals surface area contributed by atoms with Crippen LogP contribution in [0, 0.1) is 10.1 Å². The maximum Gasteiger partial charge on any atom is 0.272 e. The molecule has 1 heterocycles. The summed E-state index contributed by atoms with van der Waals surface area (Å²) < 4.78 is 5.78. The quantitative estimate of drug-likeness (QED) is 0.532. The minimum Gasteiger partial charge on any atom is -0.436 e. The van der Waals surface area contributed by atoms with E-state index in [1.54, 1.807) is 6.07 Å². The molecule has 100 valence electrons. The molecule has 0 N–H and O–H groups in total. The Hall–Kier alpha value is -2.69. The van der Waals surface area contributed by atoms with Crippen LogP contribution in [0.5, 0.6) is 0 Å². The molecule has 0 saturated carbocycles. The Bertz CT molecular complexity index is 778. The lowest BCUT2D eigenvalue weighted by molar-refractivity contribution is -0.384. The van der Waals surface area contributed by atoms with Gasteiger partial charge in [-0.1, -0.05) is 25.1 Å². The van der Waals surface area contributed by atoms with Crippen molar-refractivity contribution in [3.63, 3.8) is 0 Å². The monoisotopic (exact) mass is 268 g/mol. The van der Waals surface area contributed by atoms with Crippen LogP contribution in [0.1, 0.15) is 12.5 Å². The Kier molecular flexibility index (Phi) is 2.95. The molecular formula is C15H12N2O3. The predicted octanol–water partition coefficient (Wildman–Crippen LogP) is 3.97. The standard InChI is InChI=1S/C15H12N2O3/c1-2-10-8-12(17(18)19)9-13-14(10)20-15(16-13)11-6-4-3-5-7-11/h3-9H,2H2,1H3. The minimum atomic E-state index is -0.407. The fraction of sp³-hybridized carbons (Fsp3) is 0.133. The second-order valence-electron chi connectivity index (χ2n) is 4.45. The number of benzene rings is 2. The fourth-order valence-electron chi connectivity index (χ4n) is 2.16. The van der Waals surface area contributed by atoms with E-state index < -0.39 is 4.92 Å². The van der Waals surface area contributed by atoms with Gasteiger partial charge in [0.05, 0.1) is 4.92 Å². The highest BCUT2D eigenvalue weighted by atomic mass is 16.6. The Morgan fingerprint density at radius 2 is 2.00 bits per heavy atom. The van der Waals surface area contributed by atoms with Gasteiger partial charge >= 0.3 is 0 Å². The number of rotatable bonds is 3. The Morgan fingerprint density at radius 3 is 2.65 bits per heavy atom. The molecule has 0 unspecified atom stereocenters. The summed E-state index contributed by atoms with van der Waals surface area (Å²) in [6.45, 7) is 1.93. The zero-order valence-corrected chi connectivity index (χ0v) is 10.9. The summed E-state index contributed by atoms with van der Waals surface area (Å²) in [6.07, 6.45) is 0.654. The number of aryl methyl sites for hydroxylation is 1. The number of fused-ring (bicyclic) bond motifs is 1. The molecule has 0 aliphatic rings. The van der Waals surface area contributed by atoms with Crippen molar-refractivity contribution < 1.29 is 9.34 Å². The molecule has 1 aromatic heterocycles. The number of hydrogen-bond acceptors (Lipinski definition) is 4. The van der Waals surface area contributed by atoms with Crippen molar-refractivity contribution in [1.29, 1.82) is 0 Å². The Balaban J connectivity index is 2.22. The van der Waals surface area contributed by atoms with Gasteiger partial charge in [0.25, 0.3) is 5.69 Å². The number of nitro benzene ring substituents is 1. The Morgan fingerprint density at radius 1 is 1.25 bits per heavy atom. The summed E-state index contributed by atoms with van der Waals surface area (Å²) in [6, 6.07) is 12.5. The van der Waals surface area contributed by atoms with Gasteiger partial charge in [0.15, 0.2) is 5.58 Å². The molecule has 0 spiro atoms. The summed E-state index contributed by atoms with van der Waals surface area (Å²) in [4.78, 5) is 14.9. The zero-order valence-electron chi connectivity index (χ0n) is 10.9. The van der Waals surface area contributed by atoms with E-state index in [1.165, 1.54) is 6.07 Å². The second kappa shape index (κ2) is 4.77. The smallest absolute Gasteiger partial charge is 0.272 e. The molecule has 5 heteroatoms. The summed E-state index contributed by atoms with van der Waals surface area (Å²) in [5.41, 5.74) is 2.84. The van der Waals surface area contributed by atoms with Crippen LogP contribution in [0.2, 0.25) is 0 Å². The van der Waals surface area contributed by atoms with Gasteiger partial charge in [-0.25, -0.2) is 4.98 Å². The normalized spacial score (nSPS) is 10.8. The SMILES string of the molecule is CCc1cc([N+](=O)[O-])cc2nc(-c3ccccc3)oc12. The average molecular weight is 268 g/mol. The summed E-state index contributed by atoms with van der Waals surface area (Å²) in [7, 11) is 0. The van der Waals surface area contributed by atoms with Crippen LogP contribution in [0.25, 0.3) is 22.6 Å². The van der Waals surface area contributed by atoms with Crippen LogP contribution in [0.3, 0.4) is 0 Å². The van der Waals surface area contributed by atoms with Crippen LogP contribution in [0.15, 0.2) is 46.9 Å². The number of hydrogen-bond donors (Lipinski definition) is 0.